The number of hydrogen-bond acceptors (Lipinski definition) is 4. The van der Waals surface area contributed by atoms with Crippen molar-refractivity contribution in [3.05, 3.63) is 23.8 Å². The lowest BCUT2D eigenvalue weighted by atomic mass is 10.1. The number of amides is 3. The van der Waals surface area contributed by atoms with Crippen LogP contribution in [0.25, 0.3) is 0 Å². The highest BCUT2D eigenvalue weighted by molar-refractivity contribution is 5.78. The first-order valence-electron chi connectivity index (χ1n) is 9.85. The summed E-state index contributed by atoms with van der Waals surface area (Å²) in [6.07, 6.45) is 4.55. The van der Waals surface area contributed by atoms with Crippen molar-refractivity contribution in [1.82, 2.24) is 15.5 Å². The lowest BCUT2D eigenvalue weighted by molar-refractivity contribution is -0.131. The van der Waals surface area contributed by atoms with E-state index in [1.54, 1.807) is 0 Å². The summed E-state index contributed by atoms with van der Waals surface area (Å²) in [5.74, 6) is 1.57. The Balaban J connectivity index is 1.43. The minimum Gasteiger partial charge on any atom is -0.490 e. The van der Waals surface area contributed by atoms with E-state index in [-0.39, 0.29) is 18.0 Å². The molecular weight excluding hydrogens is 346 g/mol. The summed E-state index contributed by atoms with van der Waals surface area (Å²) in [4.78, 5) is 26.1. The lowest BCUT2D eigenvalue weighted by Crippen LogP contribution is -2.41. The minimum atomic E-state index is -0.277. The molecule has 2 aliphatic heterocycles. The molecule has 2 aliphatic rings. The highest BCUT2D eigenvalue weighted by Crippen LogP contribution is 2.32. The Hall–Kier alpha value is -2.44. The van der Waals surface area contributed by atoms with Crippen LogP contribution in [-0.2, 0) is 4.79 Å². The van der Waals surface area contributed by atoms with Crippen LogP contribution in [0.1, 0.15) is 50.6 Å². The SMILES string of the molecule is CC(NC(=O)NCCC(=O)N1CCCCC1)c1ccc2c(c1)OCCCO2. The molecule has 0 aromatic heterocycles. The first-order valence-corrected chi connectivity index (χ1v) is 9.85. The van der Waals surface area contributed by atoms with E-state index in [2.05, 4.69) is 10.6 Å². The highest BCUT2D eigenvalue weighted by Gasteiger charge is 2.17. The Labute approximate surface area is 160 Å². The molecule has 7 heteroatoms. The lowest BCUT2D eigenvalue weighted by Gasteiger charge is -2.26. The zero-order chi connectivity index (χ0) is 19.1. The number of hydrogen-bond donors (Lipinski definition) is 2. The zero-order valence-corrected chi connectivity index (χ0v) is 16.0. The molecule has 0 radical (unpaired) electrons. The van der Waals surface area contributed by atoms with Crippen molar-refractivity contribution in [2.75, 3.05) is 32.8 Å². The van der Waals surface area contributed by atoms with E-state index >= 15 is 0 Å². The van der Waals surface area contributed by atoms with E-state index in [0.717, 1.165) is 43.7 Å². The smallest absolute Gasteiger partial charge is 0.315 e. The Morgan fingerprint density at radius 1 is 1.07 bits per heavy atom. The van der Waals surface area contributed by atoms with Crippen molar-refractivity contribution in [2.45, 2.75) is 45.1 Å². The average molecular weight is 375 g/mol. The first-order chi connectivity index (χ1) is 13.1. The van der Waals surface area contributed by atoms with Crippen LogP contribution in [0, 0.1) is 0 Å². The molecule has 0 bridgehead atoms. The summed E-state index contributed by atoms with van der Waals surface area (Å²) in [5.41, 5.74) is 0.943. The number of carbonyl (C=O) groups excluding carboxylic acids is 2. The maximum atomic E-state index is 12.1. The van der Waals surface area contributed by atoms with E-state index in [9.17, 15) is 9.59 Å². The summed E-state index contributed by atoms with van der Waals surface area (Å²) in [5, 5.41) is 5.67. The van der Waals surface area contributed by atoms with Crippen molar-refractivity contribution >= 4 is 11.9 Å². The molecule has 0 saturated carbocycles. The quantitative estimate of drug-likeness (QED) is 0.829. The van der Waals surface area contributed by atoms with Gasteiger partial charge in [0.2, 0.25) is 5.91 Å². The predicted molar refractivity (Wildman–Crippen MR) is 102 cm³/mol. The molecule has 0 spiro atoms. The van der Waals surface area contributed by atoms with E-state index < -0.39 is 0 Å². The molecule has 1 aromatic carbocycles. The number of benzene rings is 1. The Morgan fingerprint density at radius 3 is 2.59 bits per heavy atom. The summed E-state index contributed by atoms with van der Waals surface area (Å²) in [6, 6.07) is 5.26. The zero-order valence-electron chi connectivity index (χ0n) is 16.0. The molecule has 148 valence electrons. The van der Waals surface area contributed by atoms with Crippen molar-refractivity contribution in [3.8, 4) is 11.5 Å². The number of piperidine rings is 1. The van der Waals surface area contributed by atoms with E-state index in [1.165, 1.54) is 6.42 Å². The second kappa shape index (κ2) is 9.48. The number of nitrogens with zero attached hydrogens (tertiary/aromatic N) is 1. The molecule has 1 atom stereocenters. The number of carbonyl (C=O) groups is 2. The Bertz CT molecular complexity index is 659. The van der Waals surface area contributed by atoms with Gasteiger partial charge < -0.3 is 25.0 Å². The number of nitrogens with one attached hydrogen (secondary N) is 2. The van der Waals surface area contributed by atoms with Crippen LogP contribution in [0.15, 0.2) is 18.2 Å². The van der Waals surface area contributed by atoms with Gasteiger partial charge >= 0.3 is 6.03 Å². The van der Waals surface area contributed by atoms with Gasteiger partial charge in [-0.25, -0.2) is 4.79 Å². The fraction of sp³-hybridized carbons (Fsp3) is 0.600. The van der Waals surface area contributed by atoms with Gasteiger partial charge in [-0.2, -0.15) is 0 Å². The van der Waals surface area contributed by atoms with E-state index in [0.29, 0.717) is 31.9 Å². The predicted octanol–water partition coefficient (Wildman–Crippen LogP) is 2.61. The number of fused-ring (bicyclic) bond motifs is 1. The number of ether oxygens (including phenoxy) is 2. The van der Waals surface area contributed by atoms with Gasteiger partial charge in [0.15, 0.2) is 11.5 Å². The molecule has 2 N–H and O–H groups in total. The third-order valence-corrected chi connectivity index (χ3v) is 4.95. The average Bonchev–Trinajstić information content (AvgIpc) is 2.93. The largest absolute Gasteiger partial charge is 0.490 e. The van der Waals surface area contributed by atoms with Gasteiger partial charge in [0.25, 0.3) is 0 Å². The summed E-state index contributed by atoms with van der Waals surface area (Å²) in [7, 11) is 0. The molecule has 1 fully saturated rings. The summed E-state index contributed by atoms with van der Waals surface area (Å²) >= 11 is 0. The van der Waals surface area contributed by atoms with Crippen molar-refractivity contribution in [2.24, 2.45) is 0 Å². The van der Waals surface area contributed by atoms with Gasteiger partial charge in [-0.05, 0) is 43.9 Å². The van der Waals surface area contributed by atoms with E-state index in [1.807, 2.05) is 30.0 Å². The Morgan fingerprint density at radius 2 is 1.81 bits per heavy atom. The standard InChI is InChI=1S/C20H29N3O4/c1-15(16-6-7-17-18(14-16)27-13-5-12-26-17)22-20(25)21-9-8-19(24)23-10-3-2-4-11-23/h6-7,14-15H,2-5,8-13H2,1H3,(H2,21,22,25). The molecule has 1 saturated heterocycles. The molecule has 1 unspecified atom stereocenters. The summed E-state index contributed by atoms with van der Waals surface area (Å²) in [6.45, 7) is 5.22. The minimum absolute atomic E-state index is 0.117. The fourth-order valence-corrected chi connectivity index (χ4v) is 3.36. The van der Waals surface area contributed by atoms with Crippen LogP contribution in [0.3, 0.4) is 0 Å². The number of urea groups is 1. The van der Waals surface area contributed by atoms with Crippen LogP contribution in [0.5, 0.6) is 11.5 Å². The molecule has 3 rings (SSSR count). The monoisotopic (exact) mass is 375 g/mol. The van der Waals surface area contributed by atoms with Crippen LogP contribution >= 0.6 is 0 Å². The van der Waals surface area contributed by atoms with Gasteiger partial charge in [-0.15, -0.1) is 0 Å². The topological polar surface area (TPSA) is 79.9 Å². The fourth-order valence-electron chi connectivity index (χ4n) is 3.36. The third-order valence-electron chi connectivity index (χ3n) is 4.95. The van der Waals surface area contributed by atoms with Gasteiger partial charge in [0.1, 0.15) is 0 Å². The van der Waals surface area contributed by atoms with Crippen LogP contribution in [0.2, 0.25) is 0 Å². The maximum Gasteiger partial charge on any atom is 0.315 e. The molecule has 0 aliphatic carbocycles. The second-order valence-electron chi connectivity index (χ2n) is 7.07. The van der Waals surface area contributed by atoms with Crippen LogP contribution < -0.4 is 20.1 Å². The van der Waals surface area contributed by atoms with Crippen LogP contribution in [0.4, 0.5) is 4.79 Å². The normalized spacial score (nSPS) is 17.6. The van der Waals surface area contributed by atoms with Gasteiger partial charge in [0, 0.05) is 32.5 Å². The van der Waals surface area contributed by atoms with Gasteiger partial charge in [-0.3, -0.25) is 4.79 Å². The van der Waals surface area contributed by atoms with Crippen molar-refractivity contribution in [1.29, 1.82) is 0 Å². The van der Waals surface area contributed by atoms with Gasteiger partial charge in [-0.1, -0.05) is 6.07 Å². The van der Waals surface area contributed by atoms with Gasteiger partial charge in [0.05, 0.1) is 19.3 Å². The van der Waals surface area contributed by atoms with E-state index in [4.69, 9.17) is 9.47 Å². The first kappa shape index (κ1) is 19.3. The molecule has 7 nitrogen and oxygen atoms in total. The number of rotatable bonds is 5. The number of likely N-dealkylation sites (tertiary alicyclic amines) is 1. The van der Waals surface area contributed by atoms with Crippen molar-refractivity contribution < 1.29 is 19.1 Å². The maximum absolute atomic E-state index is 12.1. The highest BCUT2D eigenvalue weighted by atomic mass is 16.5. The summed E-state index contributed by atoms with van der Waals surface area (Å²) < 4.78 is 11.3. The molecule has 27 heavy (non-hydrogen) atoms. The Kier molecular flexibility index (Phi) is 6.79. The van der Waals surface area contributed by atoms with Crippen LogP contribution in [-0.4, -0.2) is 49.7 Å². The molecular formula is C20H29N3O4. The molecule has 2 heterocycles. The molecule has 1 aromatic rings. The second-order valence-corrected chi connectivity index (χ2v) is 7.07. The third kappa shape index (κ3) is 5.52. The van der Waals surface area contributed by atoms with Crippen molar-refractivity contribution in [3.63, 3.8) is 0 Å². The molecule has 3 amide bonds.